The topological polar surface area (TPSA) is 86.0 Å². The van der Waals surface area contributed by atoms with Crippen LogP contribution in [0.1, 0.15) is 37.3 Å². The Morgan fingerprint density at radius 3 is 2.42 bits per heavy atom. The van der Waals surface area contributed by atoms with Crippen molar-refractivity contribution < 1.29 is 14.4 Å². The van der Waals surface area contributed by atoms with E-state index in [0.29, 0.717) is 30.6 Å². The first-order valence-electron chi connectivity index (χ1n) is 10.6. The Morgan fingerprint density at radius 2 is 1.76 bits per heavy atom. The fraction of sp³-hybridized carbons (Fsp3) is 0.240. The highest BCUT2D eigenvalue weighted by molar-refractivity contribution is 9.10. The van der Waals surface area contributed by atoms with Gasteiger partial charge in [-0.3, -0.25) is 15.5 Å². The van der Waals surface area contributed by atoms with Gasteiger partial charge in [-0.05, 0) is 60.4 Å². The number of benzene rings is 3. The first-order valence-corrected chi connectivity index (χ1v) is 11.4. The van der Waals surface area contributed by atoms with E-state index >= 15 is 0 Å². The standard InChI is InChI=1S/C25H26BrN3O4/c1-3-18(2)19-4-11-24(12-5-19)32-14-15-33-25-13-6-21(26)16-20(25)17-27-28-22-7-9-23(10-8-22)29(30)31/h4-13,16-18,28H,3,14-15H2,1-2H3/b27-17-/t18-/m0/s1. The van der Waals surface area contributed by atoms with Crippen molar-refractivity contribution in [2.45, 2.75) is 26.2 Å². The molecule has 0 aromatic heterocycles. The molecule has 7 nitrogen and oxygen atoms in total. The number of nitrogens with zero attached hydrogens (tertiary/aromatic N) is 2. The third kappa shape index (κ3) is 7.32. The Labute approximate surface area is 201 Å². The molecule has 3 aromatic carbocycles. The number of nitrogens with one attached hydrogen (secondary N) is 1. The molecule has 0 aliphatic rings. The molecule has 0 aliphatic heterocycles. The van der Waals surface area contributed by atoms with Gasteiger partial charge in [0.2, 0.25) is 0 Å². The van der Waals surface area contributed by atoms with Crippen LogP contribution < -0.4 is 14.9 Å². The molecule has 0 amide bonds. The maximum atomic E-state index is 10.7. The average Bonchev–Trinajstić information content (AvgIpc) is 2.83. The Kier molecular flexibility index (Phi) is 8.83. The maximum absolute atomic E-state index is 10.7. The highest BCUT2D eigenvalue weighted by Gasteiger charge is 2.06. The molecule has 0 saturated heterocycles. The number of hydrazone groups is 1. The van der Waals surface area contributed by atoms with Crippen molar-refractivity contribution in [3.63, 3.8) is 0 Å². The van der Waals surface area contributed by atoms with Gasteiger partial charge in [-0.15, -0.1) is 0 Å². The van der Waals surface area contributed by atoms with Crippen LogP contribution in [0.15, 0.2) is 76.3 Å². The number of hydrogen-bond acceptors (Lipinski definition) is 6. The predicted molar refractivity (Wildman–Crippen MR) is 135 cm³/mol. The molecular formula is C25H26BrN3O4. The largest absolute Gasteiger partial charge is 0.490 e. The highest BCUT2D eigenvalue weighted by Crippen LogP contribution is 2.23. The van der Waals surface area contributed by atoms with Crippen LogP contribution in [0.5, 0.6) is 11.5 Å². The molecule has 1 N–H and O–H groups in total. The predicted octanol–water partition coefficient (Wildman–Crippen LogP) is 6.77. The lowest BCUT2D eigenvalue weighted by Crippen LogP contribution is -2.10. The third-order valence-electron chi connectivity index (χ3n) is 5.12. The fourth-order valence-electron chi connectivity index (χ4n) is 3.03. The van der Waals surface area contributed by atoms with Crippen molar-refractivity contribution >= 4 is 33.5 Å². The Hall–Kier alpha value is -3.39. The van der Waals surface area contributed by atoms with Gasteiger partial charge in [0.05, 0.1) is 16.8 Å². The van der Waals surface area contributed by atoms with Crippen LogP contribution in [0.4, 0.5) is 11.4 Å². The van der Waals surface area contributed by atoms with Crippen molar-refractivity contribution in [1.29, 1.82) is 0 Å². The van der Waals surface area contributed by atoms with Gasteiger partial charge in [0.1, 0.15) is 24.7 Å². The molecule has 1 atom stereocenters. The van der Waals surface area contributed by atoms with Crippen molar-refractivity contribution in [3.05, 3.63) is 92.4 Å². The smallest absolute Gasteiger partial charge is 0.269 e. The molecule has 0 heterocycles. The molecule has 0 unspecified atom stereocenters. The summed E-state index contributed by atoms with van der Waals surface area (Å²) in [5.74, 6) is 2.02. The normalized spacial score (nSPS) is 11.8. The van der Waals surface area contributed by atoms with Gasteiger partial charge >= 0.3 is 0 Å². The van der Waals surface area contributed by atoms with E-state index in [1.165, 1.54) is 17.7 Å². The zero-order chi connectivity index (χ0) is 23.6. The minimum Gasteiger partial charge on any atom is -0.490 e. The molecule has 0 fully saturated rings. The number of hydrogen-bond donors (Lipinski definition) is 1. The first-order chi connectivity index (χ1) is 16.0. The van der Waals surface area contributed by atoms with E-state index in [1.54, 1.807) is 18.3 Å². The minimum absolute atomic E-state index is 0.0286. The van der Waals surface area contributed by atoms with Gasteiger partial charge in [0, 0.05) is 22.2 Å². The molecule has 0 spiro atoms. The van der Waals surface area contributed by atoms with E-state index in [-0.39, 0.29) is 5.69 Å². The molecule has 33 heavy (non-hydrogen) atoms. The summed E-state index contributed by atoms with van der Waals surface area (Å²) >= 11 is 3.46. The molecule has 8 heteroatoms. The lowest BCUT2D eigenvalue weighted by Gasteiger charge is -2.12. The summed E-state index contributed by atoms with van der Waals surface area (Å²) < 4.78 is 12.6. The van der Waals surface area contributed by atoms with Crippen molar-refractivity contribution in [2.75, 3.05) is 18.6 Å². The van der Waals surface area contributed by atoms with Crippen LogP contribution in [0.3, 0.4) is 0 Å². The second-order valence-corrected chi connectivity index (χ2v) is 8.35. The number of halogens is 1. The van der Waals surface area contributed by atoms with E-state index < -0.39 is 4.92 Å². The molecule has 172 valence electrons. The molecule has 0 saturated carbocycles. The fourth-order valence-corrected chi connectivity index (χ4v) is 3.40. The quantitative estimate of drug-likeness (QED) is 0.133. The Balaban J connectivity index is 1.53. The van der Waals surface area contributed by atoms with E-state index in [9.17, 15) is 10.1 Å². The SMILES string of the molecule is CC[C@H](C)c1ccc(OCCOc2ccc(Br)cc2/C=N\Nc2ccc([N+](=O)[O-])cc2)cc1. The minimum atomic E-state index is -0.441. The number of non-ortho nitro benzene ring substituents is 1. The van der Waals surface area contributed by atoms with Gasteiger partial charge in [-0.1, -0.05) is 41.9 Å². The van der Waals surface area contributed by atoms with Crippen LogP contribution in [-0.2, 0) is 0 Å². The zero-order valence-electron chi connectivity index (χ0n) is 18.5. The van der Waals surface area contributed by atoms with E-state index in [0.717, 1.165) is 22.2 Å². The van der Waals surface area contributed by atoms with Crippen LogP contribution in [-0.4, -0.2) is 24.4 Å². The van der Waals surface area contributed by atoms with E-state index in [4.69, 9.17) is 9.47 Å². The van der Waals surface area contributed by atoms with Gasteiger partial charge in [-0.2, -0.15) is 5.10 Å². The van der Waals surface area contributed by atoms with E-state index in [1.807, 2.05) is 30.3 Å². The lowest BCUT2D eigenvalue weighted by atomic mass is 9.99. The highest BCUT2D eigenvalue weighted by atomic mass is 79.9. The summed E-state index contributed by atoms with van der Waals surface area (Å²) in [6, 6.07) is 19.9. The number of anilines is 1. The Morgan fingerprint density at radius 1 is 1.06 bits per heavy atom. The Bertz CT molecular complexity index is 1090. The van der Waals surface area contributed by atoms with Crippen LogP contribution in [0.25, 0.3) is 0 Å². The van der Waals surface area contributed by atoms with Crippen LogP contribution in [0.2, 0.25) is 0 Å². The number of ether oxygens (including phenoxy) is 2. The van der Waals surface area contributed by atoms with Crippen molar-refractivity contribution in [2.24, 2.45) is 5.10 Å². The number of rotatable bonds is 11. The summed E-state index contributed by atoms with van der Waals surface area (Å²) in [4.78, 5) is 10.3. The van der Waals surface area contributed by atoms with Gasteiger partial charge in [-0.25, -0.2) is 0 Å². The van der Waals surface area contributed by atoms with Gasteiger partial charge in [0.25, 0.3) is 5.69 Å². The molecule has 0 bridgehead atoms. The summed E-state index contributed by atoms with van der Waals surface area (Å²) in [6.45, 7) is 5.19. The summed E-state index contributed by atoms with van der Waals surface area (Å²) in [5.41, 5.74) is 5.61. The number of nitro benzene ring substituents is 1. The molecular weight excluding hydrogens is 486 g/mol. The molecule has 0 aliphatic carbocycles. The van der Waals surface area contributed by atoms with Gasteiger partial charge < -0.3 is 9.47 Å². The number of nitro groups is 1. The summed E-state index contributed by atoms with van der Waals surface area (Å²) in [5, 5.41) is 15.0. The van der Waals surface area contributed by atoms with Crippen molar-refractivity contribution in [1.82, 2.24) is 0 Å². The van der Waals surface area contributed by atoms with Crippen molar-refractivity contribution in [3.8, 4) is 11.5 Å². The molecule has 3 rings (SSSR count). The second-order valence-electron chi connectivity index (χ2n) is 7.43. The average molecular weight is 512 g/mol. The summed E-state index contributed by atoms with van der Waals surface area (Å²) in [7, 11) is 0. The van der Waals surface area contributed by atoms with Crippen LogP contribution >= 0.6 is 15.9 Å². The lowest BCUT2D eigenvalue weighted by molar-refractivity contribution is -0.384. The second kappa shape index (κ2) is 12.0. The zero-order valence-corrected chi connectivity index (χ0v) is 20.1. The van der Waals surface area contributed by atoms with Crippen LogP contribution in [0, 0.1) is 10.1 Å². The maximum Gasteiger partial charge on any atom is 0.269 e. The van der Waals surface area contributed by atoms with Gasteiger partial charge in [0.15, 0.2) is 0 Å². The first kappa shape index (κ1) is 24.3. The summed E-state index contributed by atoms with van der Waals surface area (Å²) in [6.07, 6.45) is 2.74. The monoisotopic (exact) mass is 511 g/mol. The molecule has 0 radical (unpaired) electrons. The third-order valence-corrected chi connectivity index (χ3v) is 5.61. The molecule has 3 aromatic rings. The van der Waals surface area contributed by atoms with E-state index in [2.05, 4.69) is 52.4 Å².